The number of esters is 1. The number of ether oxygens (including phenoxy) is 9. The number of nitrogens with one attached hydrogen (secondary N) is 2. The number of ketones is 3. The average molecular weight is 1820 g/mol. The molecule has 3 aliphatic rings. The zero-order chi connectivity index (χ0) is 92.8. The van der Waals surface area contributed by atoms with Crippen molar-refractivity contribution in [2.75, 3.05) is 41.7 Å². The normalized spacial score (nSPS) is 15.2. The van der Waals surface area contributed by atoms with Crippen molar-refractivity contribution in [3.8, 4) is 68.3 Å². The summed E-state index contributed by atoms with van der Waals surface area (Å²) in [6.45, 7) is 13.9. The highest BCUT2D eigenvalue weighted by Gasteiger charge is 2.37. The largest absolute Gasteiger partial charge is 0.493 e. The van der Waals surface area contributed by atoms with Gasteiger partial charge in [-0.2, -0.15) is 0 Å². The van der Waals surface area contributed by atoms with Gasteiger partial charge in [0.25, 0.3) is 0 Å². The molecule has 32 heteroatoms. The van der Waals surface area contributed by atoms with Crippen molar-refractivity contribution < 1.29 is 110 Å². The molecule has 6 atom stereocenters. The van der Waals surface area contributed by atoms with Crippen molar-refractivity contribution in [2.24, 2.45) is 5.73 Å². The van der Waals surface area contributed by atoms with E-state index >= 15 is 0 Å². The molecule has 3 fully saturated rings. The molecular formula is C95H106Cl3F3N6O20. The molecule has 0 radical (unpaired) electrons. The Morgan fingerprint density at radius 2 is 0.740 bits per heavy atom. The molecule has 0 saturated heterocycles. The number of rotatable bonds is 35. The Morgan fingerprint density at radius 3 is 1.04 bits per heavy atom. The van der Waals surface area contributed by atoms with Crippen LogP contribution in [0.2, 0.25) is 15.1 Å². The van der Waals surface area contributed by atoms with Gasteiger partial charge in [0.15, 0.2) is 57.9 Å². The summed E-state index contributed by atoms with van der Waals surface area (Å²) < 4.78 is 91.0. The Morgan fingerprint density at radius 1 is 0.425 bits per heavy atom. The number of amides is 2. The molecule has 3 aromatic heterocycles. The summed E-state index contributed by atoms with van der Waals surface area (Å²) in [7, 11) is 5.69. The summed E-state index contributed by atoms with van der Waals surface area (Å²) in [6, 6.07) is 33.5. The molecule has 9 N–H and O–H groups in total. The number of hydrogen-bond donors (Lipinski definition) is 8. The first-order valence-corrected chi connectivity index (χ1v) is 42.3. The summed E-state index contributed by atoms with van der Waals surface area (Å²) in [5.74, 6) is -0.169. The highest BCUT2D eigenvalue weighted by Crippen LogP contribution is 2.42. The number of pyridine rings is 3. The second kappa shape index (κ2) is 42.3. The van der Waals surface area contributed by atoms with E-state index < -0.39 is 88.3 Å². The van der Waals surface area contributed by atoms with Crippen LogP contribution in [-0.2, 0) is 35.8 Å². The number of halogens is 6. The average Bonchev–Trinajstić information content (AvgIpc) is 1.77. The number of methoxy groups -OCH3 is 4. The van der Waals surface area contributed by atoms with E-state index in [0.29, 0.717) is 90.4 Å². The fraction of sp³-hybridized carbons (Fsp3) is 0.400. The van der Waals surface area contributed by atoms with Crippen LogP contribution in [-0.4, -0.2) is 147 Å². The van der Waals surface area contributed by atoms with Crippen molar-refractivity contribution in [1.82, 2.24) is 25.6 Å². The SMILES string of the molecule is COC(=O)C(NC(=O)OC(C)(C)C)c1cc(-c2ccc(F)c(Cl)c2)nc(C(C)(O)CCC(=O)c2ccc(OC3CC3)c(OC)c2)c1.COc1cc(C(=O)CCC(C)(O)c2cc(C(CO)NC(=O)OC(C)(C)C)cc(-c3ccc(F)c(Cl)c3)n2)ccc1OC1CC1.COc1cc(C(=O)CCC(C)(O)c2cc(C(N)CO)cc(-c3ccc(F)c(Cl)c3)n2)ccc1OC1CC1. The van der Waals surface area contributed by atoms with Crippen LogP contribution in [0.25, 0.3) is 33.8 Å². The zero-order valence-electron chi connectivity index (χ0n) is 72.8. The third kappa shape index (κ3) is 27.8. The second-order valence-corrected chi connectivity index (χ2v) is 35.0. The fourth-order valence-corrected chi connectivity index (χ4v) is 13.4. The number of aromatic nitrogens is 3. The van der Waals surface area contributed by atoms with Crippen LogP contribution in [0.5, 0.6) is 34.5 Å². The van der Waals surface area contributed by atoms with Gasteiger partial charge in [-0.05, 0) is 282 Å². The Bertz CT molecular complexity index is 5480. The summed E-state index contributed by atoms with van der Waals surface area (Å²) in [4.78, 5) is 91.3. The van der Waals surface area contributed by atoms with Gasteiger partial charge in [-0.1, -0.05) is 34.8 Å². The van der Waals surface area contributed by atoms with Gasteiger partial charge in [0.1, 0.15) is 45.5 Å². The molecule has 26 nitrogen and oxygen atoms in total. The van der Waals surface area contributed by atoms with Gasteiger partial charge in [0.2, 0.25) is 0 Å². The van der Waals surface area contributed by atoms with Gasteiger partial charge < -0.3 is 84.5 Å². The van der Waals surface area contributed by atoms with E-state index in [0.717, 1.165) is 51.7 Å². The van der Waals surface area contributed by atoms with Gasteiger partial charge >= 0.3 is 18.2 Å². The first-order valence-electron chi connectivity index (χ1n) is 41.2. The van der Waals surface area contributed by atoms with Gasteiger partial charge in [-0.15, -0.1) is 0 Å². The molecule has 3 heterocycles. The van der Waals surface area contributed by atoms with E-state index in [1.54, 1.807) is 127 Å². The molecule has 0 bridgehead atoms. The molecular weight excluding hydrogens is 1710 g/mol. The van der Waals surface area contributed by atoms with Crippen LogP contribution < -0.4 is 44.8 Å². The predicted molar refractivity (Wildman–Crippen MR) is 471 cm³/mol. The van der Waals surface area contributed by atoms with Crippen LogP contribution in [0.15, 0.2) is 146 Å². The van der Waals surface area contributed by atoms with Crippen LogP contribution >= 0.6 is 34.8 Å². The lowest BCUT2D eigenvalue weighted by Crippen LogP contribution is -2.38. The van der Waals surface area contributed by atoms with Crippen LogP contribution in [0.4, 0.5) is 22.8 Å². The van der Waals surface area contributed by atoms with Crippen molar-refractivity contribution in [1.29, 1.82) is 0 Å². The standard InChI is InChI=1S/C34H38ClFN2O8.C33H38ClFN2O7.C28H30ClFN2O5/c1-33(2,3)46-32(41)38-30(31(40)44-6)21-16-25(19-7-11-24(36)23(35)15-19)37-29(18-21)34(4,42)14-13-26(39)20-8-12-27(28(17-20)43-5)45-22-9-10-22;1-32(2,3)44-31(40)37-26(18-38)21-15-25(19-6-10-24(35)23(34)14-19)36-30(17-21)33(4,41)13-12-27(39)20-7-11-28(29(16-20)42-5)43-22-8-9-22;1-28(35,10-9-24(34)17-4-8-25(26(13-17)36-2)37-19-5-6-19)27-14-18(22(31)15-33)12-23(32-27)16-3-7-21(30)20(29)11-16/h7-8,11-12,15-18,22,30,42H,9-10,13-14H2,1-6H3,(H,38,41);6-7,10-11,14-17,22,26,38,41H,8-9,12-13,18H2,1-5H3,(H,37,40);3-4,7-8,11-14,19,22,33,35H,5-6,9-10,15,31H2,1-2H3. The van der Waals surface area contributed by atoms with Crippen LogP contribution in [0.1, 0.15) is 222 Å². The minimum atomic E-state index is -1.70. The molecule has 9 aromatic rings. The molecule has 6 aromatic carbocycles. The highest BCUT2D eigenvalue weighted by atomic mass is 35.5. The van der Waals surface area contributed by atoms with Crippen LogP contribution in [0, 0.1) is 17.5 Å². The number of nitrogens with two attached hydrogens (primary N) is 1. The molecule has 678 valence electrons. The number of alkyl carbamates (subject to hydrolysis) is 2. The van der Waals surface area contributed by atoms with Crippen molar-refractivity contribution in [3.63, 3.8) is 0 Å². The number of aliphatic hydroxyl groups is 5. The van der Waals surface area contributed by atoms with Gasteiger partial charge in [-0.25, -0.2) is 42.5 Å². The summed E-state index contributed by atoms with van der Waals surface area (Å²) in [5.41, 5.74) is 4.79. The third-order valence-electron chi connectivity index (χ3n) is 20.6. The second-order valence-electron chi connectivity index (χ2n) is 33.8. The summed E-state index contributed by atoms with van der Waals surface area (Å²) in [5, 5.41) is 59.2. The smallest absolute Gasteiger partial charge is 0.408 e. The Balaban J connectivity index is 0.000000200. The molecule has 127 heavy (non-hydrogen) atoms. The molecule has 6 unspecified atom stereocenters. The number of nitrogens with zero attached hydrogens (tertiary/aromatic N) is 3. The number of Topliss-reactive ketones (excluding diaryl/α,β-unsaturated/α-hetero) is 3. The Hall–Kier alpha value is -11.0. The fourth-order valence-electron chi connectivity index (χ4n) is 12.9. The van der Waals surface area contributed by atoms with E-state index in [4.69, 9.17) is 83.2 Å². The molecule has 2 amide bonds. The minimum absolute atomic E-state index is 0.00216. The molecule has 12 rings (SSSR count). The van der Waals surface area contributed by atoms with E-state index in [-0.39, 0.29) is 124 Å². The third-order valence-corrected chi connectivity index (χ3v) is 21.5. The van der Waals surface area contributed by atoms with Crippen molar-refractivity contribution in [2.45, 2.75) is 204 Å². The van der Waals surface area contributed by atoms with Gasteiger partial charge in [0, 0.05) is 52.6 Å². The monoisotopic (exact) mass is 1810 g/mol. The topological polar surface area (TPSA) is 375 Å². The quantitative estimate of drug-likeness (QED) is 0.0104. The molecule has 3 aliphatic carbocycles. The maximum atomic E-state index is 14.0. The molecule has 0 spiro atoms. The van der Waals surface area contributed by atoms with E-state index in [9.17, 15) is 67.5 Å². The number of carbonyl (C=O) groups is 6. The summed E-state index contributed by atoms with van der Waals surface area (Å²) >= 11 is 18.0. The number of benzene rings is 6. The highest BCUT2D eigenvalue weighted by molar-refractivity contribution is 6.31. The lowest BCUT2D eigenvalue weighted by Gasteiger charge is -2.26. The first kappa shape index (κ1) is 98.2. The lowest BCUT2D eigenvalue weighted by molar-refractivity contribution is -0.143. The van der Waals surface area contributed by atoms with Gasteiger partial charge in [-0.3, -0.25) is 14.4 Å². The Kier molecular flexibility index (Phi) is 32.7. The lowest BCUT2D eigenvalue weighted by atomic mass is 9.90. The molecule has 3 saturated carbocycles. The maximum Gasteiger partial charge on any atom is 0.408 e. The zero-order valence-corrected chi connectivity index (χ0v) is 75.0. The summed E-state index contributed by atoms with van der Waals surface area (Å²) in [6.07, 6.45) is 4.78. The van der Waals surface area contributed by atoms with Crippen molar-refractivity contribution in [3.05, 3.63) is 229 Å². The van der Waals surface area contributed by atoms with Crippen LogP contribution in [0.3, 0.4) is 0 Å². The predicted octanol–water partition coefficient (Wildman–Crippen LogP) is 18.2. The van der Waals surface area contributed by atoms with Gasteiger partial charge in [0.05, 0.1) is 121 Å². The maximum absolute atomic E-state index is 14.0. The Labute approximate surface area is 749 Å². The number of carbonyl (C=O) groups excluding carboxylic acids is 6. The number of hydrogen-bond acceptors (Lipinski definition) is 24. The van der Waals surface area contributed by atoms with E-state index in [2.05, 4.69) is 25.6 Å². The minimum Gasteiger partial charge on any atom is -0.493 e. The number of aliphatic hydroxyl groups excluding tert-OH is 2. The van der Waals surface area contributed by atoms with E-state index in [1.807, 2.05) is 0 Å². The molecule has 0 aliphatic heterocycles. The van der Waals surface area contributed by atoms with E-state index in [1.165, 1.54) is 95.8 Å². The van der Waals surface area contributed by atoms with Crippen molar-refractivity contribution >= 4 is 70.3 Å². The first-order chi connectivity index (χ1) is 59.9.